The van der Waals surface area contributed by atoms with E-state index in [0.717, 1.165) is 44.3 Å². The van der Waals surface area contributed by atoms with E-state index >= 15 is 0 Å². The van der Waals surface area contributed by atoms with Gasteiger partial charge in [-0.3, -0.25) is 14.5 Å². The first-order valence-electron chi connectivity index (χ1n) is 10.5. The Morgan fingerprint density at radius 3 is 2.47 bits per heavy atom. The molecule has 30 heavy (non-hydrogen) atoms. The molecule has 2 aromatic carbocycles. The lowest BCUT2D eigenvalue weighted by atomic mass is 9.90. The van der Waals surface area contributed by atoms with Crippen LogP contribution in [-0.2, 0) is 16.0 Å². The second kappa shape index (κ2) is 8.96. The molecular weight excluding hydrogens is 383 g/mol. The molecule has 6 heteroatoms. The van der Waals surface area contributed by atoms with Gasteiger partial charge in [-0.15, -0.1) is 0 Å². The third-order valence-electron chi connectivity index (χ3n) is 6.27. The van der Waals surface area contributed by atoms with E-state index in [2.05, 4.69) is 4.90 Å². The number of methoxy groups -OCH3 is 1. The van der Waals surface area contributed by atoms with Crippen LogP contribution < -0.4 is 9.64 Å². The topological polar surface area (TPSA) is 49.9 Å². The van der Waals surface area contributed by atoms with E-state index < -0.39 is 0 Å². The first-order chi connectivity index (χ1) is 14.5. The zero-order chi connectivity index (χ0) is 21.1. The average Bonchev–Trinajstić information content (AvgIpc) is 3.07. The minimum absolute atomic E-state index is 0.136. The third kappa shape index (κ3) is 4.38. The molecule has 0 bridgehead atoms. The molecule has 0 radical (unpaired) electrons. The molecular formula is C24H27FN2O3. The number of piperidine rings is 1. The Morgan fingerprint density at radius 1 is 1.07 bits per heavy atom. The van der Waals surface area contributed by atoms with Gasteiger partial charge in [0.15, 0.2) is 0 Å². The number of halogens is 1. The van der Waals surface area contributed by atoms with Crippen molar-refractivity contribution in [2.24, 2.45) is 5.92 Å². The van der Waals surface area contributed by atoms with Crippen molar-refractivity contribution >= 4 is 17.5 Å². The molecule has 5 nitrogen and oxygen atoms in total. The highest BCUT2D eigenvalue weighted by molar-refractivity contribution is 6.22. The largest absolute Gasteiger partial charge is 0.497 e. The summed E-state index contributed by atoms with van der Waals surface area (Å²) in [7, 11) is 1.58. The second-order valence-corrected chi connectivity index (χ2v) is 8.13. The molecule has 2 heterocycles. The lowest BCUT2D eigenvalue weighted by Crippen LogP contribution is -2.46. The molecule has 0 aliphatic carbocycles. The van der Waals surface area contributed by atoms with Crippen molar-refractivity contribution in [2.45, 2.75) is 38.1 Å². The summed E-state index contributed by atoms with van der Waals surface area (Å²) in [6.07, 6.45) is 4.12. The van der Waals surface area contributed by atoms with Gasteiger partial charge in [-0.2, -0.15) is 0 Å². The first-order valence-corrected chi connectivity index (χ1v) is 10.5. The van der Waals surface area contributed by atoms with Crippen LogP contribution in [0.1, 0.15) is 31.2 Å². The summed E-state index contributed by atoms with van der Waals surface area (Å²) in [5, 5.41) is 0. The zero-order valence-electron chi connectivity index (χ0n) is 17.2. The number of carbonyl (C=O) groups excluding carboxylic acids is 2. The highest BCUT2D eigenvalue weighted by Crippen LogP contribution is 2.30. The summed E-state index contributed by atoms with van der Waals surface area (Å²) in [6.45, 7) is 1.63. The van der Waals surface area contributed by atoms with Gasteiger partial charge in [0.05, 0.1) is 25.3 Å². The Morgan fingerprint density at radius 2 is 1.80 bits per heavy atom. The number of likely N-dealkylation sites (tertiary alicyclic amines) is 1. The summed E-state index contributed by atoms with van der Waals surface area (Å²) < 4.78 is 18.5. The number of ether oxygens (including phenoxy) is 1. The summed E-state index contributed by atoms with van der Waals surface area (Å²) in [4.78, 5) is 29.0. The van der Waals surface area contributed by atoms with Gasteiger partial charge in [-0.1, -0.05) is 12.1 Å². The summed E-state index contributed by atoms with van der Waals surface area (Å²) in [6, 6.07) is 13.4. The van der Waals surface area contributed by atoms with Crippen LogP contribution >= 0.6 is 0 Å². The van der Waals surface area contributed by atoms with Gasteiger partial charge in [0.25, 0.3) is 5.91 Å². The molecule has 0 saturated carbocycles. The lowest BCUT2D eigenvalue weighted by Gasteiger charge is -2.34. The fourth-order valence-corrected chi connectivity index (χ4v) is 4.52. The van der Waals surface area contributed by atoms with E-state index in [1.54, 1.807) is 43.5 Å². The van der Waals surface area contributed by atoms with Crippen molar-refractivity contribution < 1.29 is 18.7 Å². The average molecular weight is 410 g/mol. The molecule has 2 aliphatic rings. The number of anilines is 1. The van der Waals surface area contributed by atoms with Gasteiger partial charge >= 0.3 is 0 Å². The molecule has 2 saturated heterocycles. The Kier molecular flexibility index (Phi) is 6.13. The predicted octanol–water partition coefficient (Wildman–Crippen LogP) is 3.81. The minimum atomic E-state index is -0.372. The normalized spacial score (nSPS) is 20.7. The smallest absolute Gasteiger partial charge is 0.251 e. The molecule has 2 amide bonds. The number of benzene rings is 2. The van der Waals surface area contributed by atoms with Crippen LogP contribution in [0.3, 0.4) is 0 Å². The lowest BCUT2D eigenvalue weighted by molar-refractivity contribution is -0.123. The van der Waals surface area contributed by atoms with Crippen LogP contribution in [-0.4, -0.2) is 43.0 Å². The van der Waals surface area contributed by atoms with Crippen molar-refractivity contribution in [1.29, 1.82) is 0 Å². The summed E-state index contributed by atoms with van der Waals surface area (Å²) in [5.74, 6) is 0.782. The number of rotatable bonds is 6. The summed E-state index contributed by atoms with van der Waals surface area (Å²) in [5.41, 5.74) is 1.63. The van der Waals surface area contributed by atoms with Crippen molar-refractivity contribution in [3.05, 3.63) is 59.9 Å². The number of carbonyl (C=O) groups is 2. The van der Waals surface area contributed by atoms with E-state index in [1.807, 2.05) is 6.07 Å². The standard InChI is InChI=1S/C24H27FN2O3/c1-30-21-9-7-20(8-10-21)27-23(28)16-22(24(27)29)26-13-11-17(12-14-26)5-6-18-3-2-4-19(25)15-18/h2-4,7-10,15,17,22H,5-6,11-14,16H2,1H3/t22-/m1/s1. The molecule has 0 spiro atoms. The number of aryl methyl sites for hydroxylation is 1. The molecule has 158 valence electrons. The van der Waals surface area contributed by atoms with Gasteiger partial charge in [-0.05, 0) is 86.7 Å². The maximum Gasteiger partial charge on any atom is 0.251 e. The molecule has 2 aromatic rings. The minimum Gasteiger partial charge on any atom is -0.497 e. The molecule has 0 unspecified atom stereocenters. The predicted molar refractivity (Wildman–Crippen MR) is 113 cm³/mol. The summed E-state index contributed by atoms with van der Waals surface area (Å²) >= 11 is 0. The van der Waals surface area contributed by atoms with Gasteiger partial charge in [0, 0.05) is 0 Å². The fraction of sp³-hybridized carbons (Fsp3) is 0.417. The zero-order valence-corrected chi connectivity index (χ0v) is 17.2. The van der Waals surface area contributed by atoms with Gasteiger partial charge < -0.3 is 4.74 Å². The van der Waals surface area contributed by atoms with E-state index in [0.29, 0.717) is 17.4 Å². The second-order valence-electron chi connectivity index (χ2n) is 8.13. The molecule has 0 aromatic heterocycles. The van der Waals surface area contributed by atoms with E-state index in [1.165, 1.54) is 11.0 Å². The molecule has 4 rings (SSSR count). The van der Waals surface area contributed by atoms with Crippen LogP contribution in [0.2, 0.25) is 0 Å². The van der Waals surface area contributed by atoms with Crippen molar-refractivity contribution in [1.82, 2.24) is 4.90 Å². The van der Waals surface area contributed by atoms with Gasteiger partial charge in [0.2, 0.25) is 5.91 Å². The van der Waals surface area contributed by atoms with Crippen LogP contribution in [0.4, 0.5) is 10.1 Å². The number of amides is 2. The Balaban J connectivity index is 1.32. The van der Waals surface area contributed by atoms with Gasteiger partial charge in [0.1, 0.15) is 11.6 Å². The monoisotopic (exact) mass is 410 g/mol. The Hall–Kier alpha value is -2.73. The van der Waals surface area contributed by atoms with E-state index in [4.69, 9.17) is 4.74 Å². The Bertz CT molecular complexity index is 907. The first kappa shape index (κ1) is 20.5. The molecule has 2 fully saturated rings. The third-order valence-corrected chi connectivity index (χ3v) is 6.27. The Labute approximate surface area is 176 Å². The molecule has 0 N–H and O–H groups in total. The quantitative estimate of drug-likeness (QED) is 0.680. The van der Waals surface area contributed by atoms with Crippen molar-refractivity contribution in [3.8, 4) is 5.75 Å². The number of imide groups is 1. The van der Waals surface area contributed by atoms with E-state index in [9.17, 15) is 14.0 Å². The maximum atomic E-state index is 13.3. The number of nitrogens with zero attached hydrogens (tertiary/aromatic N) is 2. The van der Waals surface area contributed by atoms with Crippen molar-refractivity contribution in [2.75, 3.05) is 25.1 Å². The van der Waals surface area contributed by atoms with E-state index in [-0.39, 0.29) is 30.1 Å². The van der Waals surface area contributed by atoms with Crippen molar-refractivity contribution in [3.63, 3.8) is 0 Å². The fourth-order valence-electron chi connectivity index (χ4n) is 4.52. The highest BCUT2D eigenvalue weighted by atomic mass is 19.1. The van der Waals surface area contributed by atoms with Crippen LogP contribution in [0.15, 0.2) is 48.5 Å². The number of hydrogen-bond acceptors (Lipinski definition) is 4. The SMILES string of the molecule is COc1ccc(N2C(=O)C[C@@H](N3CCC(CCc4cccc(F)c4)CC3)C2=O)cc1. The van der Waals surface area contributed by atoms with Crippen LogP contribution in [0, 0.1) is 11.7 Å². The van der Waals surface area contributed by atoms with Gasteiger partial charge in [-0.25, -0.2) is 9.29 Å². The number of hydrogen-bond donors (Lipinski definition) is 0. The van der Waals surface area contributed by atoms with Crippen LogP contribution in [0.5, 0.6) is 5.75 Å². The van der Waals surface area contributed by atoms with Crippen LogP contribution in [0.25, 0.3) is 0 Å². The maximum absolute atomic E-state index is 13.3. The molecule has 2 aliphatic heterocycles. The molecule has 1 atom stereocenters. The highest BCUT2D eigenvalue weighted by Gasteiger charge is 2.43.